The van der Waals surface area contributed by atoms with Gasteiger partial charge in [-0.05, 0) is 24.6 Å². The van der Waals surface area contributed by atoms with E-state index in [1.807, 2.05) is 47.4 Å². The lowest BCUT2D eigenvalue weighted by Gasteiger charge is -2.03. The molecule has 0 saturated heterocycles. The topological polar surface area (TPSA) is 60.2 Å². The summed E-state index contributed by atoms with van der Waals surface area (Å²) in [4.78, 5) is 4.09. The summed E-state index contributed by atoms with van der Waals surface area (Å²) in [5.41, 5.74) is 3.75. The van der Waals surface area contributed by atoms with Crippen molar-refractivity contribution >= 4 is 11.3 Å². The monoisotopic (exact) mass is 301 g/mol. The average Bonchev–Trinajstić information content (AvgIpc) is 3.06. The fourth-order valence-electron chi connectivity index (χ4n) is 2.16. The van der Waals surface area contributed by atoms with Crippen molar-refractivity contribution < 1.29 is 9.84 Å². The summed E-state index contributed by atoms with van der Waals surface area (Å²) in [5.74, 6) is 0.842. The van der Waals surface area contributed by atoms with Crippen LogP contribution in [0.5, 0.6) is 10.9 Å². The van der Waals surface area contributed by atoms with Gasteiger partial charge in [-0.15, -0.1) is 0 Å². The Hall–Kier alpha value is -2.34. The van der Waals surface area contributed by atoms with Gasteiger partial charge in [-0.3, -0.25) is 4.68 Å². The van der Waals surface area contributed by atoms with E-state index in [-0.39, 0.29) is 5.19 Å². The van der Waals surface area contributed by atoms with Gasteiger partial charge in [0.05, 0.1) is 25.0 Å². The number of hydrogen-bond acceptors (Lipinski definition) is 5. The van der Waals surface area contributed by atoms with Gasteiger partial charge in [-0.2, -0.15) is 5.10 Å². The highest BCUT2D eigenvalue weighted by Crippen LogP contribution is 2.27. The first-order chi connectivity index (χ1) is 10.2. The number of rotatable bonds is 4. The first-order valence-corrected chi connectivity index (χ1v) is 7.35. The maximum absolute atomic E-state index is 9.36. The molecule has 1 aromatic carbocycles. The number of hydrogen-bond donors (Lipinski definition) is 1. The minimum absolute atomic E-state index is 0.0762. The first-order valence-electron chi connectivity index (χ1n) is 6.47. The lowest BCUT2D eigenvalue weighted by molar-refractivity contribution is 0.414. The molecule has 0 amide bonds. The average molecular weight is 301 g/mol. The predicted octanol–water partition coefficient (Wildman–Crippen LogP) is 3.08. The van der Waals surface area contributed by atoms with E-state index >= 15 is 0 Å². The van der Waals surface area contributed by atoms with Crippen LogP contribution in [0.3, 0.4) is 0 Å². The third-order valence-electron chi connectivity index (χ3n) is 3.22. The van der Waals surface area contributed by atoms with E-state index in [2.05, 4.69) is 10.1 Å². The molecular formula is C15H15N3O2S. The molecule has 6 heteroatoms. The number of nitrogens with zero attached hydrogens (tertiary/aromatic N) is 3. The quantitative estimate of drug-likeness (QED) is 0.804. The van der Waals surface area contributed by atoms with E-state index < -0.39 is 0 Å². The summed E-state index contributed by atoms with van der Waals surface area (Å²) in [6, 6.07) is 7.91. The molecule has 0 bridgehead atoms. The van der Waals surface area contributed by atoms with Gasteiger partial charge in [0.2, 0.25) is 0 Å². The summed E-state index contributed by atoms with van der Waals surface area (Å²) in [7, 11) is 1.65. The van der Waals surface area contributed by atoms with Crippen LogP contribution in [-0.2, 0) is 6.54 Å². The highest BCUT2D eigenvalue weighted by molar-refractivity contribution is 7.11. The van der Waals surface area contributed by atoms with E-state index in [0.29, 0.717) is 6.54 Å². The molecule has 0 unspecified atom stereocenters. The van der Waals surface area contributed by atoms with E-state index in [9.17, 15) is 5.11 Å². The predicted molar refractivity (Wildman–Crippen MR) is 81.8 cm³/mol. The van der Waals surface area contributed by atoms with E-state index in [1.54, 1.807) is 7.11 Å². The largest absolute Gasteiger partial charge is 0.497 e. The number of benzene rings is 1. The molecule has 1 N–H and O–H groups in total. The van der Waals surface area contributed by atoms with Crippen molar-refractivity contribution in [2.24, 2.45) is 0 Å². The fraction of sp³-hybridized carbons (Fsp3) is 0.200. The molecule has 0 aliphatic rings. The number of aromatic nitrogens is 3. The van der Waals surface area contributed by atoms with Gasteiger partial charge < -0.3 is 9.84 Å². The normalized spacial score (nSPS) is 10.8. The van der Waals surface area contributed by atoms with Crippen LogP contribution < -0.4 is 4.74 Å². The molecule has 3 aromatic rings. The van der Waals surface area contributed by atoms with Crippen molar-refractivity contribution in [3.8, 4) is 22.2 Å². The maximum Gasteiger partial charge on any atom is 0.271 e. The van der Waals surface area contributed by atoms with Gasteiger partial charge >= 0.3 is 0 Å². The standard InChI is InChI=1S/C15H15N3O2S/c1-10-13(14-9-21-15(19)16-14)8-18(17-10)7-11-3-5-12(20-2)6-4-11/h3-6,8-9H,7H2,1-2H3,(H,16,19). The molecule has 0 spiro atoms. The molecule has 0 saturated carbocycles. The molecule has 2 heterocycles. The fourth-order valence-corrected chi connectivity index (χ4v) is 2.70. The smallest absolute Gasteiger partial charge is 0.271 e. The molecule has 0 atom stereocenters. The summed E-state index contributed by atoms with van der Waals surface area (Å²) in [6.07, 6.45) is 1.95. The molecule has 0 aliphatic carbocycles. The molecule has 0 aliphatic heterocycles. The Morgan fingerprint density at radius 2 is 2.05 bits per heavy atom. The number of ether oxygens (including phenoxy) is 1. The van der Waals surface area contributed by atoms with Crippen LogP contribution in [0, 0.1) is 6.92 Å². The van der Waals surface area contributed by atoms with Crippen LogP contribution in [-0.4, -0.2) is 27.0 Å². The van der Waals surface area contributed by atoms with Crippen molar-refractivity contribution in [3.05, 3.63) is 47.1 Å². The van der Waals surface area contributed by atoms with Crippen LogP contribution in [0.2, 0.25) is 0 Å². The highest BCUT2D eigenvalue weighted by atomic mass is 32.1. The van der Waals surface area contributed by atoms with Gasteiger partial charge in [0.15, 0.2) is 0 Å². The third-order valence-corrected chi connectivity index (χ3v) is 3.86. The second kappa shape index (κ2) is 5.57. The molecule has 2 aromatic heterocycles. The number of methoxy groups -OCH3 is 1. The highest BCUT2D eigenvalue weighted by Gasteiger charge is 2.11. The number of aromatic hydroxyl groups is 1. The lowest BCUT2D eigenvalue weighted by Crippen LogP contribution is -2.00. The van der Waals surface area contributed by atoms with Crippen molar-refractivity contribution in [3.63, 3.8) is 0 Å². The summed E-state index contributed by atoms with van der Waals surface area (Å²) >= 11 is 1.22. The Labute approximate surface area is 126 Å². The van der Waals surface area contributed by atoms with Crippen LogP contribution in [0.1, 0.15) is 11.3 Å². The van der Waals surface area contributed by atoms with Gasteiger partial charge in [0, 0.05) is 17.1 Å². The maximum atomic E-state index is 9.36. The SMILES string of the molecule is COc1ccc(Cn2cc(-c3csc(O)n3)c(C)n2)cc1. The zero-order valence-corrected chi connectivity index (χ0v) is 12.6. The van der Waals surface area contributed by atoms with Gasteiger partial charge in [0.1, 0.15) is 5.75 Å². The summed E-state index contributed by atoms with van der Waals surface area (Å²) < 4.78 is 7.03. The summed E-state index contributed by atoms with van der Waals surface area (Å²) in [6.45, 7) is 2.62. The molecule has 0 fully saturated rings. The first kappa shape index (κ1) is 13.6. The number of aryl methyl sites for hydroxylation is 1. The van der Waals surface area contributed by atoms with E-state index in [1.165, 1.54) is 11.3 Å². The molecule has 21 heavy (non-hydrogen) atoms. The Bertz CT molecular complexity index is 747. The van der Waals surface area contributed by atoms with Crippen LogP contribution in [0.15, 0.2) is 35.8 Å². The van der Waals surface area contributed by atoms with Gasteiger partial charge in [-0.25, -0.2) is 4.98 Å². The third kappa shape index (κ3) is 2.90. The Balaban J connectivity index is 1.83. The lowest BCUT2D eigenvalue weighted by atomic mass is 10.2. The Morgan fingerprint density at radius 1 is 1.29 bits per heavy atom. The molecule has 5 nitrogen and oxygen atoms in total. The zero-order valence-electron chi connectivity index (χ0n) is 11.8. The zero-order chi connectivity index (χ0) is 14.8. The molecule has 3 rings (SSSR count). The number of thiazole rings is 1. The second-order valence-electron chi connectivity index (χ2n) is 4.69. The minimum Gasteiger partial charge on any atom is -0.497 e. The van der Waals surface area contributed by atoms with Gasteiger partial charge in [-0.1, -0.05) is 23.5 Å². The minimum atomic E-state index is 0.0762. The molecule has 0 radical (unpaired) electrons. The van der Waals surface area contributed by atoms with Crippen LogP contribution >= 0.6 is 11.3 Å². The Morgan fingerprint density at radius 3 is 2.67 bits per heavy atom. The Kier molecular flexibility index (Phi) is 3.62. The van der Waals surface area contributed by atoms with Crippen molar-refractivity contribution in [2.45, 2.75) is 13.5 Å². The van der Waals surface area contributed by atoms with E-state index in [4.69, 9.17) is 4.74 Å². The molecular weight excluding hydrogens is 286 g/mol. The van der Waals surface area contributed by atoms with Crippen LogP contribution in [0.4, 0.5) is 0 Å². The van der Waals surface area contributed by atoms with E-state index in [0.717, 1.165) is 28.3 Å². The summed E-state index contributed by atoms with van der Waals surface area (Å²) in [5, 5.41) is 15.8. The second-order valence-corrected chi connectivity index (χ2v) is 5.53. The van der Waals surface area contributed by atoms with Crippen molar-refractivity contribution in [1.82, 2.24) is 14.8 Å². The van der Waals surface area contributed by atoms with Crippen molar-refractivity contribution in [2.75, 3.05) is 7.11 Å². The van der Waals surface area contributed by atoms with Crippen LogP contribution in [0.25, 0.3) is 11.3 Å². The van der Waals surface area contributed by atoms with Gasteiger partial charge in [0.25, 0.3) is 5.19 Å². The van der Waals surface area contributed by atoms with Crippen molar-refractivity contribution in [1.29, 1.82) is 0 Å². The molecule has 108 valence electrons.